The number of primary amides is 1. The lowest BCUT2D eigenvalue weighted by Gasteiger charge is -2.11. The first kappa shape index (κ1) is 17.6. The number of carbonyl (C=O) groups excluding carboxylic acids is 1. The minimum atomic E-state index is -0.809. The highest BCUT2D eigenvalue weighted by molar-refractivity contribution is 5.98. The van der Waals surface area contributed by atoms with Crippen molar-refractivity contribution < 1.29 is 13.6 Å². The molecule has 6 nitrogen and oxygen atoms in total. The van der Waals surface area contributed by atoms with Crippen molar-refractivity contribution in [1.29, 1.82) is 0 Å². The van der Waals surface area contributed by atoms with Crippen molar-refractivity contribution >= 4 is 28.1 Å². The second-order valence-corrected chi connectivity index (χ2v) is 6.35. The molecule has 0 atom stereocenters. The largest absolute Gasteiger partial charge is 0.364 e. The lowest BCUT2D eigenvalue weighted by molar-refractivity contribution is 0.0995. The van der Waals surface area contributed by atoms with Crippen LogP contribution in [-0.2, 0) is 7.05 Å². The number of fused-ring (bicyclic) bond motifs is 1. The van der Waals surface area contributed by atoms with Crippen LogP contribution in [0.15, 0.2) is 54.9 Å². The summed E-state index contributed by atoms with van der Waals surface area (Å²) < 4.78 is 30.1. The Morgan fingerprint density at radius 2 is 1.75 bits per heavy atom. The Morgan fingerprint density at radius 1 is 1.04 bits per heavy atom. The van der Waals surface area contributed by atoms with Crippen molar-refractivity contribution in [3.63, 3.8) is 0 Å². The number of carbonyl (C=O) groups is 1. The molecule has 4 aromatic rings. The van der Waals surface area contributed by atoms with Gasteiger partial charge in [-0.1, -0.05) is 12.1 Å². The molecule has 140 valence electrons. The molecule has 0 saturated carbocycles. The van der Waals surface area contributed by atoms with Gasteiger partial charge in [0, 0.05) is 30.5 Å². The third kappa shape index (κ3) is 3.16. The Kier molecular flexibility index (Phi) is 4.23. The summed E-state index contributed by atoms with van der Waals surface area (Å²) in [6.07, 6.45) is 3.92. The number of amides is 1. The predicted molar refractivity (Wildman–Crippen MR) is 102 cm³/mol. The van der Waals surface area contributed by atoms with Crippen molar-refractivity contribution in [1.82, 2.24) is 14.8 Å². The molecule has 1 amide bonds. The fraction of sp³-hybridized carbons (Fsp3) is 0.0500. The molecule has 2 heterocycles. The molecule has 2 aromatic carbocycles. The molecule has 3 N–H and O–H groups in total. The van der Waals surface area contributed by atoms with Crippen molar-refractivity contribution in [3.05, 3.63) is 72.2 Å². The number of benzene rings is 2. The zero-order chi connectivity index (χ0) is 19.8. The van der Waals surface area contributed by atoms with Gasteiger partial charge in [-0.05, 0) is 35.7 Å². The van der Waals surface area contributed by atoms with Gasteiger partial charge in [-0.15, -0.1) is 10.2 Å². The molecule has 4 rings (SSSR count). The average Bonchev–Trinajstić information content (AvgIpc) is 3.01. The highest BCUT2D eigenvalue weighted by Gasteiger charge is 2.18. The molecule has 0 radical (unpaired) electrons. The van der Waals surface area contributed by atoms with Crippen LogP contribution >= 0.6 is 0 Å². The number of rotatable bonds is 4. The fourth-order valence-electron chi connectivity index (χ4n) is 3.05. The smallest absolute Gasteiger partial charge is 0.271 e. The van der Waals surface area contributed by atoms with Gasteiger partial charge >= 0.3 is 0 Å². The molecule has 0 spiro atoms. The predicted octanol–water partition coefficient (Wildman–Crippen LogP) is 3.76. The molecule has 0 unspecified atom stereocenters. The minimum absolute atomic E-state index is 0.0520. The van der Waals surface area contributed by atoms with Gasteiger partial charge in [-0.2, -0.15) is 0 Å². The van der Waals surface area contributed by atoms with Crippen LogP contribution < -0.4 is 11.1 Å². The van der Waals surface area contributed by atoms with E-state index in [1.807, 2.05) is 42.2 Å². The van der Waals surface area contributed by atoms with E-state index in [1.165, 1.54) is 12.1 Å². The van der Waals surface area contributed by atoms with E-state index in [-0.39, 0.29) is 22.6 Å². The van der Waals surface area contributed by atoms with Gasteiger partial charge in [0.25, 0.3) is 5.91 Å². The molecule has 0 aliphatic rings. The summed E-state index contributed by atoms with van der Waals surface area (Å²) in [5.74, 6) is -2.37. The molecular formula is C20H15F2N5O. The standard InChI is InChI=1S/C20H15F2N5O/c1-27-9-11-5-6-13(7-12(11)10-27)24-17-8-16(25-26-19(17)20(23)28)18-14(21)3-2-4-15(18)22/h2-10H,1H3,(H2,23,28)(H,24,25). The Bertz CT molecular complexity index is 1200. The van der Waals surface area contributed by atoms with Crippen LogP contribution in [0.5, 0.6) is 0 Å². The Labute approximate surface area is 158 Å². The average molecular weight is 379 g/mol. The van der Waals surface area contributed by atoms with Crippen LogP contribution in [0, 0.1) is 11.6 Å². The summed E-state index contributed by atoms with van der Waals surface area (Å²) in [4.78, 5) is 11.7. The lowest BCUT2D eigenvalue weighted by Crippen LogP contribution is -2.16. The molecule has 0 bridgehead atoms. The molecule has 28 heavy (non-hydrogen) atoms. The first-order chi connectivity index (χ1) is 13.4. The van der Waals surface area contributed by atoms with Gasteiger partial charge < -0.3 is 15.6 Å². The van der Waals surface area contributed by atoms with E-state index in [4.69, 9.17) is 5.73 Å². The van der Waals surface area contributed by atoms with E-state index < -0.39 is 17.5 Å². The SMILES string of the molecule is Cn1cc2ccc(Nc3cc(-c4c(F)cccc4F)nnc3C(N)=O)cc2c1. The maximum absolute atomic E-state index is 14.1. The van der Waals surface area contributed by atoms with Gasteiger partial charge in [-0.25, -0.2) is 8.78 Å². The van der Waals surface area contributed by atoms with E-state index in [1.54, 1.807) is 0 Å². The third-order valence-electron chi connectivity index (χ3n) is 4.30. The van der Waals surface area contributed by atoms with E-state index in [0.29, 0.717) is 5.69 Å². The second kappa shape index (κ2) is 6.73. The number of aryl methyl sites for hydroxylation is 1. The number of nitrogens with zero attached hydrogens (tertiary/aromatic N) is 3. The first-order valence-corrected chi connectivity index (χ1v) is 8.37. The van der Waals surface area contributed by atoms with Crippen LogP contribution in [-0.4, -0.2) is 20.7 Å². The number of hydrogen-bond acceptors (Lipinski definition) is 4. The zero-order valence-corrected chi connectivity index (χ0v) is 14.8. The van der Waals surface area contributed by atoms with Crippen LogP contribution in [0.25, 0.3) is 22.0 Å². The number of anilines is 2. The summed E-state index contributed by atoms with van der Waals surface area (Å²) in [6, 6.07) is 10.5. The minimum Gasteiger partial charge on any atom is -0.364 e. The van der Waals surface area contributed by atoms with E-state index >= 15 is 0 Å². The summed E-state index contributed by atoms with van der Waals surface area (Å²) in [5, 5.41) is 12.6. The van der Waals surface area contributed by atoms with Gasteiger partial charge in [0.2, 0.25) is 0 Å². The van der Waals surface area contributed by atoms with Crippen molar-refractivity contribution in [2.75, 3.05) is 5.32 Å². The van der Waals surface area contributed by atoms with E-state index in [0.717, 1.165) is 22.9 Å². The van der Waals surface area contributed by atoms with Crippen LogP contribution in [0.2, 0.25) is 0 Å². The number of nitrogens with two attached hydrogens (primary N) is 1. The number of nitrogens with one attached hydrogen (secondary N) is 1. The van der Waals surface area contributed by atoms with Gasteiger partial charge in [0.05, 0.1) is 11.3 Å². The van der Waals surface area contributed by atoms with Crippen molar-refractivity contribution in [2.45, 2.75) is 0 Å². The molecule has 0 aliphatic carbocycles. The maximum atomic E-state index is 14.1. The molecule has 8 heteroatoms. The summed E-state index contributed by atoms with van der Waals surface area (Å²) in [5.41, 5.74) is 5.73. The molecular weight excluding hydrogens is 364 g/mol. The normalized spacial score (nSPS) is 11.0. The summed E-state index contributed by atoms with van der Waals surface area (Å²) in [6.45, 7) is 0. The highest BCUT2D eigenvalue weighted by Crippen LogP contribution is 2.29. The lowest BCUT2D eigenvalue weighted by atomic mass is 10.1. The molecule has 2 aromatic heterocycles. The van der Waals surface area contributed by atoms with Crippen molar-refractivity contribution in [2.24, 2.45) is 12.8 Å². The van der Waals surface area contributed by atoms with Crippen LogP contribution in [0.3, 0.4) is 0 Å². The molecule has 0 saturated heterocycles. The quantitative estimate of drug-likeness (QED) is 0.565. The fourth-order valence-corrected chi connectivity index (χ4v) is 3.05. The number of halogens is 2. The maximum Gasteiger partial charge on any atom is 0.271 e. The number of hydrogen-bond donors (Lipinski definition) is 2. The van der Waals surface area contributed by atoms with Gasteiger partial charge in [0.1, 0.15) is 17.3 Å². The first-order valence-electron chi connectivity index (χ1n) is 8.37. The van der Waals surface area contributed by atoms with E-state index in [9.17, 15) is 13.6 Å². The topological polar surface area (TPSA) is 85.8 Å². The Morgan fingerprint density at radius 3 is 2.46 bits per heavy atom. The third-order valence-corrected chi connectivity index (χ3v) is 4.30. The molecule has 0 fully saturated rings. The number of aromatic nitrogens is 3. The zero-order valence-electron chi connectivity index (χ0n) is 14.8. The van der Waals surface area contributed by atoms with Gasteiger partial charge in [-0.3, -0.25) is 4.79 Å². The summed E-state index contributed by atoms with van der Waals surface area (Å²) in [7, 11) is 1.92. The van der Waals surface area contributed by atoms with Gasteiger partial charge in [0.15, 0.2) is 5.69 Å². The van der Waals surface area contributed by atoms with E-state index in [2.05, 4.69) is 15.5 Å². The van der Waals surface area contributed by atoms with Crippen LogP contribution in [0.1, 0.15) is 10.5 Å². The summed E-state index contributed by atoms with van der Waals surface area (Å²) >= 11 is 0. The monoisotopic (exact) mass is 379 g/mol. The molecule has 0 aliphatic heterocycles. The second-order valence-electron chi connectivity index (χ2n) is 6.35. The van der Waals surface area contributed by atoms with Crippen molar-refractivity contribution in [3.8, 4) is 11.3 Å². The van der Waals surface area contributed by atoms with Crippen LogP contribution in [0.4, 0.5) is 20.2 Å². The Balaban J connectivity index is 1.80. The highest BCUT2D eigenvalue weighted by atomic mass is 19.1. The Hall–Kier alpha value is -3.81.